The topological polar surface area (TPSA) is 109 Å². The first-order chi connectivity index (χ1) is 12.8. The highest BCUT2D eigenvalue weighted by Crippen LogP contribution is 2.20. The molecular formula is C19H27N5O3. The first kappa shape index (κ1) is 19.3. The van der Waals surface area contributed by atoms with Crippen LogP contribution in [0.5, 0.6) is 0 Å². The van der Waals surface area contributed by atoms with Crippen molar-refractivity contribution in [3.63, 3.8) is 0 Å². The van der Waals surface area contributed by atoms with E-state index in [9.17, 15) is 14.4 Å². The van der Waals surface area contributed by atoms with Crippen LogP contribution in [0.25, 0.3) is 11.0 Å². The summed E-state index contributed by atoms with van der Waals surface area (Å²) in [6, 6.07) is 1.66. The van der Waals surface area contributed by atoms with Crippen LogP contribution < -0.4 is 21.9 Å². The summed E-state index contributed by atoms with van der Waals surface area (Å²) in [5.41, 5.74) is 0.111. The molecule has 1 saturated heterocycles. The van der Waals surface area contributed by atoms with Crippen LogP contribution in [0, 0.1) is 5.92 Å². The van der Waals surface area contributed by atoms with Gasteiger partial charge in [0.1, 0.15) is 0 Å². The largest absolute Gasteiger partial charge is 0.348 e. The van der Waals surface area contributed by atoms with Crippen LogP contribution in [0.2, 0.25) is 0 Å². The zero-order chi connectivity index (χ0) is 19.7. The van der Waals surface area contributed by atoms with Gasteiger partial charge in [0.05, 0.1) is 10.9 Å². The van der Waals surface area contributed by atoms with E-state index in [1.807, 2.05) is 13.8 Å². The Morgan fingerprint density at radius 3 is 2.78 bits per heavy atom. The molecule has 0 radical (unpaired) electrons. The van der Waals surface area contributed by atoms with Crippen molar-refractivity contribution in [3.05, 3.63) is 38.2 Å². The highest BCUT2D eigenvalue weighted by Gasteiger charge is 2.26. The van der Waals surface area contributed by atoms with E-state index in [-0.39, 0.29) is 34.5 Å². The van der Waals surface area contributed by atoms with E-state index in [1.165, 1.54) is 4.57 Å². The molecule has 0 aliphatic carbocycles. The Morgan fingerprint density at radius 1 is 1.41 bits per heavy atom. The van der Waals surface area contributed by atoms with Crippen LogP contribution in [0.1, 0.15) is 56.1 Å². The number of carbonyl (C=O) groups excluding carboxylic acids is 1. The van der Waals surface area contributed by atoms with Gasteiger partial charge >= 0.3 is 5.69 Å². The van der Waals surface area contributed by atoms with E-state index < -0.39 is 11.2 Å². The van der Waals surface area contributed by atoms with Crippen LogP contribution in [-0.4, -0.2) is 39.6 Å². The SMILES string of the molecule is CCn1c(=O)[nH]c(=O)c2c(C(=O)NC3CNCCC3C)cc(C(C)C)nc21. The molecule has 3 N–H and O–H groups in total. The molecule has 0 saturated carbocycles. The van der Waals surface area contributed by atoms with Crippen molar-refractivity contribution in [3.8, 4) is 0 Å². The number of aromatic amines is 1. The minimum Gasteiger partial charge on any atom is -0.348 e. The van der Waals surface area contributed by atoms with Crippen molar-refractivity contribution in [2.45, 2.75) is 52.6 Å². The fraction of sp³-hybridized carbons (Fsp3) is 0.579. The maximum Gasteiger partial charge on any atom is 0.329 e. The maximum absolute atomic E-state index is 13.1. The predicted octanol–water partition coefficient (Wildman–Crippen LogP) is 0.956. The Labute approximate surface area is 157 Å². The highest BCUT2D eigenvalue weighted by atomic mass is 16.2. The summed E-state index contributed by atoms with van der Waals surface area (Å²) < 4.78 is 1.39. The van der Waals surface area contributed by atoms with Crippen LogP contribution in [0.4, 0.5) is 0 Å². The molecule has 146 valence electrons. The summed E-state index contributed by atoms with van der Waals surface area (Å²) in [5, 5.41) is 6.50. The third-order valence-corrected chi connectivity index (χ3v) is 5.26. The Bertz CT molecular complexity index is 976. The lowest BCUT2D eigenvalue weighted by Gasteiger charge is -2.30. The first-order valence-electron chi connectivity index (χ1n) is 9.52. The second kappa shape index (κ2) is 7.64. The molecule has 1 aliphatic rings. The fourth-order valence-corrected chi connectivity index (χ4v) is 3.49. The van der Waals surface area contributed by atoms with Crippen molar-refractivity contribution in [2.24, 2.45) is 5.92 Å². The maximum atomic E-state index is 13.1. The number of nitrogens with one attached hydrogen (secondary N) is 3. The summed E-state index contributed by atoms with van der Waals surface area (Å²) in [6.45, 7) is 9.82. The molecular weight excluding hydrogens is 346 g/mol. The zero-order valence-electron chi connectivity index (χ0n) is 16.3. The van der Waals surface area contributed by atoms with Gasteiger partial charge in [0.25, 0.3) is 11.5 Å². The number of piperidine rings is 1. The number of pyridine rings is 1. The molecule has 2 aromatic rings. The summed E-state index contributed by atoms with van der Waals surface area (Å²) in [5.74, 6) is 0.0903. The number of hydrogen-bond acceptors (Lipinski definition) is 5. The number of aryl methyl sites for hydroxylation is 1. The second-order valence-electron chi connectivity index (χ2n) is 7.50. The lowest BCUT2D eigenvalue weighted by Crippen LogP contribution is -2.50. The number of amides is 1. The number of hydrogen-bond donors (Lipinski definition) is 3. The van der Waals surface area contributed by atoms with Gasteiger partial charge in [-0.05, 0) is 37.8 Å². The van der Waals surface area contributed by atoms with E-state index in [4.69, 9.17) is 0 Å². The van der Waals surface area contributed by atoms with Crippen molar-refractivity contribution in [2.75, 3.05) is 13.1 Å². The molecule has 3 rings (SSSR count). The van der Waals surface area contributed by atoms with Gasteiger partial charge in [-0.2, -0.15) is 0 Å². The molecule has 1 aliphatic heterocycles. The smallest absolute Gasteiger partial charge is 0.329 e. The van der Waals surface area contributed by atoms with E-state index in [2.05, 4.69) is 27.5 Å². The minimum absolute atomic E-state index is 0.00636. The molecule has 0 aromatic carbocycles. The molecule has 0 bridgehead atoms. The number of fused-ring (bicyclic) bond motifs is 1. The number of H-pyrrole nitrogens is 1. The van der Waals surface area contributed by atoms with Crippen molar-refractivity contribution in [1.82, 2.24) is 25.2 Å². The van der Waals surface area contributed by atoms with E-state index >= 15 is 0 Å². The van der Waals surface area contributed by atoms with Crippen molar-refractivity contribution in [1.29, 1.82) is 0 Å². The van der Waals surface area contributed by atoms with Gasteiger partial charge in [0.15, 0.2) is 5.65 Å². The van der Waals surface area contributed by atoms with Crippen molar-refractivity contribution >= 4 is 16.9 Å². The monoisotopic (exact) mass is 373 g/mol. The number of rotatable bonds is 4. The highest BCUT2D eigenvalue weighted by molar-refractivity contribution is 6.05. The predicted molar refractivity (Wildman–Crippen MR) is 104 cm³/mol. The van der Waals surface area contributed by atoms with Crippen LogP contribution in [0.3, 0.4) is 0 Å². The molecule has 1 amide bonds. The third-order valence-electron chi connectivity index (χ3n) is 5.26. The van der Waals surface area contributed by atoms with Gasteiger partial charge in [0, 0.05) is 24.8 Å². The van der Waals surface area contributed by atoms with Gasteiger partial charge in [-0.15, -0.1) is 0 Å². The summed E-state index contributed by atoms with van der Waals surface area (Å²) in [4.78, 5) is 44.6. The van der Waals surface area contributed by atoms with E-state index in [0.717, 1.165) is 13.0 Å². The summed E-state index contributed by atoms with van der Waals surface area (Å²) >= 11 is 0. The lowest BCUT2D eigenvalue weighted by molar-refractivity contribution is 0.0916. The van der Waals surface area contributed by atoms with Gasteiger partial charge in [-0.1, -0.05) is 20.8 Å². The van der Waals surface area contributed by atoms with Gasteiger partial charge in [-0.3, -0.25) is 19.1 Å². The Kier molecular flexibility index (Phi) is 5.46. The molecule has 2 aromatic heterocycles. The molecule has 8 nitrogen and oxygen atoms in total. The molecule has 0 spiro atoms. The zero-order valence-corrected chi connectivity index (χ0v) is 16.3. The Hall–Kier alpha value is -2.48. The fourth-order valence-electron chi connectivity index (χ4n) is 3.49. The molecule has 8 heteroatoms. The lowest BCUT2D eigenvalue weighted by atomic mass is 9.94. The molecule has 3 heterocycles. The molecule has 2 unspecified atom stereocenters. The van der Waals surface area contributed by atoms with Crippen molar-refractivity contribution < 1.29 is 4.79 Å². The minimum atomic E-state index is -0.581. The third kappa shape index (κ3) is 3.66. The van der Waals surface area contributed by atoms with E-state index in [1.54, 1.807) is 13.0 Å². The molecule has 2 atom stereocenters. The van der Waals surface area contributed by atoms with Gasteiger partial charge in [-0.25, -0.2) is 9.78 Å². The molecule has 27 heavy (non-hydrogen) atoms. The average molecular weight is 373 g/mol. The number of carbonyl (C=O) groups is 1. The summed E-state index contributed by atoms with van der Waals surface area (Å²) in [6.07, 6.45) is 0.981. The van der Waals surface area contributed by atoms with Gasteiger partial charge < -0.3 is 10.6 Å². The number of aromatic nitrogens is 3. The molecule has 1 fully saturated rings. The average Bonchev–Trinajstić information content (AvgIpc) is 2.62. The number of nitrogens with zero attached hydrogens (tertiary/aromatic N) is 2. The normalized spacial score (nSPS) is 20.2. The van der Waals surface area contributed by atoms with Crippen LogP contribution >= 0.6 is 0 Å². The standard InChI is InChI=1S/C19H27N5O3/c1-5-24-16-15(18(26)23-19(24)27)12(8-13(21-16)10(2)3)17(25)22-14-9-20-7-6-11(14)4/h8,10-11,14,20H,5-7,9H2,1-4H3,(H,22,25)(H,23,26,27). The Balaban J connectivity index is 2.17. The first-order valence-corrected chi connectivity index (χ1v) is 9.52. The summed E-state index contributed by atoms with van der Waals surface area (Å²) in [7, 11) is 0. The van der Waals surface area contributed by atoms with Crippen LogP contribution in [-0.2, 0) is 6.54 Å². The van der Waals surface area contributed by atoms with E-state index in [0.29, 0.717) is 24.7 Å². The second-order valence-corrected chi connectivity index (χ2v) is 7.50. The quantitative estimate of drug-likeness (QED) is 0.740. The van der Waals surface area contributed by atoms with Gasteiger partial charge in [0.2, 0.25) is 0 Å². The van der Waals surface area contributed by atoms with Crippen LogP contribution in [0.15, 0.2) is 15.7 Å². The Morgan fingerprint density at radius 2 is 2.15 bits per heavy atom.